The molecule has 0 fully saturated rings. The highest BCUT2D eigenvalue weighted by Crippen LogP contribution is 1.95. The molecule has 0 aliphatic carbocycles. The molecule has 0 amide bonds. The quantitative estimate of drug-likeness (QED) is 0.269. The molecule has 0 spiro atoms. The topological polar surface area (TPSA) is 119 Å². The van der Waals surface area contributed by atoms with E-state index in [0.29, 0.717) is 13.0 Å². The minimum absolute atomic E-state index is 0.0394. The second kappa shape index (κ2) is 8.79. The summed E-state index contributed by atoms with van der Waals surface area (Å²) in [6.45, 7) is 0.598. The summed E-state index contributed by atoms with van der Waals surface area (Å²) in [7, 11) is 0.902. The third-order valence-corrected chi connectivity index (χ3v) is 3.35. The van der Waals surface area contributed by atoms with Crippen molar-refractivity contribution in [1.82, 2.24) is 0 Å². The molecule has 0 radical (unpaired) electrons. The van der Waals surface area contributed by atoms with E-state index in [2.05, 4.69) is 0 Å². The Balaban J connectivity index is 0.000000433. The van der Waals surface area contributed by atoms with Crippen LogP contribution in [-0.2, 0) is 21.5 Å². The summed E-state index contributed by atoms with van der Waals surface area (Å²) in [5.41, 5.74) is 0. The number of carbonyl (C=O) groups excluding carboxylic acids is 1. The third kappa shape index (κ3) is 10.2. The van der Waals surface area contributed by atoms with Gasteiger partial charge in [-0.05, 0) is 0 Å². The number of hydrogen-bond acceptors (Lipinski definition) is 5. The molecule has 1 rings (SSSR count). The number of hydrogen-bond donors (Lipinski definition) is 2. The van der Waals surface area contributed by atoms with Crippen molar-refractivity contribution < 1.29 is 37.0 Å². The maximum Gasteiger partial charge on any atom is 0.265 e. The van der Waals surface area contributed by atoms with Crippen LogP contribution in [-0.4, -0.2) is 61.7 Å². The van der Waals surface area contributed by atoms with Gasteiger partial charge in [-0.1, -0.05) is 6.07 Å². The molecule has 1 aromatic rings. The summed E-state index contributed by atoms with van der Waals surface area (Å²) < 4.78 is 31.0. The first kappa shape index (κ1) is 20.5. The van der Waals surface area contributed by atoms with E-state index < -0.39 is 22.3 Å². The first-order valence-electron chi connectivity index (χ1n) is 6.53. The first-order valence-corrected chi connectivity index (χ1v) is 8.13. The lowest BCUT2D eigenvalue weighted by molar-refractivity contribution is -0.911. The summed E-state index contributed by atoms with van der Waals surface area (Å²) in [6.07, 6.45) is 2.69. The number of likely N-dealkylation sites (N-methyl/N-ethyl adjacent to an activating group) is 1. The van der Waals surface area contributed by atoms with Gasteiger partial charge in [0.2, 0.25) is 6.23 Å². The second-order valence-corrected chi connectivity index (χ2v) is 7.13. The number of nitrogens with zero attached hydrogens (tertiary/aromatic N) is 2. The molecule has 22 heavy (non-hydrogen) atoms. The Bertz CT molecular complexity index is 554. The first-order chi connectivity index (χ1) is 9.93. The average molecular weight is 335 g/mol. The molecule has 0 aliphatic rings. The molecule has 9 heteroatoms. The predicted molar refractivity (Wildman–Crippen MR) is 76.7 cm³/mol. The van der Waals surface area contributed by atoms with Crippen molar-refractivity contribution in [1.29, 1.82) is 0 Å². The van der Waals surface area contributed by atoms with Crippen LogP contribution in [0.15, 0.2) is 30.6 Å². The van der Waals surface area contributed by atoms with Gasteiger partial charge in [-0.2, -0.15) is 8.42 Å². The van der Waals surface area contributed by atoms with Crippen LogP contribution in [0.25, 0.3) is 0 Å². The van der Waals surface area contributed by atoms with Crippen LogP contribution >= 0.6 is 0 Å². The Morgan fingerprint density at radius 1 is 1.23 bits per heavy atom. The summed E-state index contributed by atoms with van der Waals surface area (Å²) >= 11 is 0. The zero-order valence-electron chi connectivity index (χ0n) is 12.9. The number of aliphatic hydroxyl groups is 1. The third-order valence-electron chi connectivity index (χ3n) is 2.54. The van der Waals surface area contributed by atoms with Crippen molar-refractivity contribution in [3.05, 3.63) is 30.6 Å². The van der Waals surface area contributed by atoms with E-state index in [-0.39, 0.29) is 10.2 Å². The monoisotopic (exact) mass is 335 g/mol. The molecule has 0 aromatic carbocycles. The Morgan fingerprint density at radius 2 is 1.73 bits per heavy atom. The van der Waals surface area contributed by atoms with Gasteiger partial charge in [0, 0.05) is 18.6 Å². The van der Waals surface area contributed by atoms with Crippen molar-refractivity contribution >= 4 is 16.1 Å². The van der Waals surface area contributed by atoms with E-state index in [0.717, 1.165) is 0 Å². The number of pyridine rings is 1. The molecule has 1 heterocycles. The minimum Gasteiger partial charge on any atom is -0.542 e. The van der Waals surface area contributed by atoms with Crippen LogP contribution in [0.2, 0.25) is 0 Å². The average Bonchev–Trinajstić information content (AvgIpc) is 2.37. The Hall–Kier alpha value is -1.55. The molecule has 0 aliphatic heterocycles. The molecule has 1 unspecified atom stereocenters. The summed E-state index contributed by atoms with van der Waals surface area (Å²) in [4.78, 5) is 9.97. The number of aliphatic hydroxyl groups excluding tert-OH is 1. The lowest BCUT2D eigenvalue weighted by Gasteiger charge is -2.29. The van der Waals surface area contributed by atoms with Crippen LogP contribution in [0.1, 0.15) is 6.42 Å². The molecule has 1 atom stereocenters. The Labute approximate surface area is 130 Å². The number of aromatic nitrogens is 1. The number of carboxylic acid groups (broad SMARTS) is 1. The smallest absolute Gasteiger partial charge is 0.265 e. The fourth-order valence-corrected chi connectivity index (χ4v) is 1.82. The van der Waals surface area contributed by atoms with E-state index in [1.165, 1.54) is 0 Å². The van der Waals surface area contributed by atoms with Gasteiger partial charge in [0.1, 0.15) is 12.5 Å². The van der Waals surface area contributed by atoms with E-state index in [1.807, 2.05) is 35.2 Å². The van der Waals surface area contributed by atoms with Crippen molar-refractivity contribution in [2.75, 3.05) is 26.9 Å². The van der Waals surface area contributed by atoms with Gasteiger partial charge in [0.25, 0.3) is 10.1 Å². The maximum atomic E-state index is 10.4. The van der Waals surface area contributed by atoms with Gasteiger partial charge < -0.3 is 19.5 Å². The van der Waals surface area contributed by atoms with Gasteiger partial charge in [-0.15, -0.1) is 0 Å². The van der Waals surface area contributed by atoms with Crippen LogP contribution in [0.5, 0.6) is 0 Å². The van der Waals surface area contributed by atoms with Crippen LogP contribution < -0.4 is 9.67 Å². The van der Waals surface area contributed by atoms with Crippen molar-refractivity contribution in [2.24, 2.45) is 0 Å². The second-order valence-electron chi connectivity index (χ2n) is 5.56. The number of aryl methyl sites for hydroxylation is 1. The largest absolute Gasteiger partial charge is 0.542 e. The number of rotatable bonds is 6. The molecular weight excluding hydrogens is 312 g/mol. The van der Waals surface area contributed by atoms with E-state index in [1.54, 1.807) is 21.1 Å². The molecule has 0 saturated carbocycles. The van der Waals surface area contributed by atoms with Crippen LogP contribution in [0.4, 0.5) is 0 Å². The lowest BCUT2D eigenvalue weighted by Crippen LogP contribution is -2.54. The zero-order valence-corrected chi connectivity index (χ0v) is 13.7. The number of carbonyl (C=O) groups is 1. The molecule has 126 valence electrons. The molecule has 0 bridgehead atoms. The molecule has 1 aromatic heterocycles. The standard InChI is InChI=1S/C8H11NO3S.C5H11NO3/c10-13(11,12)8-4-7-9-5-2-1-3-6-9;1-6(2,3)4(7)5(8)9/h1-3,5-6H,4,7-8H2;4,7H,1-3H3/p+1. The van der Waals surface area contributed by atoms with E-state index >= 15 is 0 Å². The molecular formula is C13H23N2O6S+. The fourth-order valence-electron chi connectivity index (χ4n) is 1.33. The van der Waals surface area contributed by atoms with Gasteiger partial charge in [0.15, 0.2) is 12.4 Å². The van der Waals surface area contributed by atoms with Crippen molar-refractivity contribution in [3.63, 3.8) is 0 Å². The Morgan fingerprint density at radius 3 is 2.05 bits per heavy atom. The fraction of sp³-hybridized carbons (Fsp3) is 0.538. The highest BCUT2D eigenvalue weighted by atomic mass is 32.2. The summed E-state index contributed by atoms with van der Waals surface area (Å²) in [6, 6.07) is 5.63. The summed E-state index contributed by atoms with van der Waals surface area (Å²) in [5, 5.41) is 18.7. The minimum atomic E-state index is -3.81. The van der Waals surface area contributed by atoms with E-state index in [4.69, 9.17) is 9.66 Å². The predicted octanol–water partition coefficient (Wildman–Crippen LogP) is -1.99. The number of aliphatic carboxylic acids is 1. The van der Waals surface area contributed by atoms with Crippen LogP contribution in [0.3, 0.4) is 0 Å². The van der Waals surface area contributed by atoms with Gasteiger partial charge in [-0.25, -0.2) is 4.57 Å². The normalized spacial score (nSPS) is 13.0. The maximum absolute atomic E-state index is 10.4. The van der Waals surface area contributed by atoms with Crippen LogP contribution in [0, 0.1) is 0 Å². The highest BCUT2D eigenvalue weighted by Gasteiger charge is 2.20. The summed E-state index contributed by atoms with van der Waals surface area (Å²) in [5.74, 6) is -1.63. The SMILES string of the molecule is C[N+](C)(C)C(O)C(=O)[O-].O=S(=O)(O)CCC[n+]1ccccc1. The highest BCUT2D eigenvalue weighted by molar-refractivity contribution is 7.85. The molecule has 2 N–H and O–H groups in total. The molecule has 8 nitrogen and oxygen atoms in total. The van der Waals surface area contributed by atoms with Gasteiger partial charge in [0.05, 0.1) is 26.9 Å². The van der Waals surface area contributed by atoms with Crippen molar-refractivity contribution in [2.45, 2.75) is 19.2 Å². The van der Waals surface area contributed by atoms with Gasteiger partial charge in [-0.3, -0.25) is 4.55 Å². The molecule has 0 saturated heterocycles. The zero-order chi connectivity index (χ0) is 17.4. The van der Waals surface area contributed by atoms with Gasteiger partial charge >= 0.3 is 0 Å². The van der Waals surface area contributed by atoms with Crippen molar-refractivity contribution in [3.8, 4) is 0 Å². The van der Waals surface area contributed by atoms with E-state index in [9.17, 15) is 18.3 Å². The number of carboxylic acids is 1. The Kier molecular flexibility index (Phi) is 8.17. The lowest BCUT2D eigenvalue weighted by atomic mass is 10.4. The number of quaternary nitrogens is 1.